The maximum atomic E-state index is 12.5. The molecule has 2 aromatic carbocycles. The molecule has 1 heterocycles. The highest BCUT2D eigenvalue weighted by molar-refractivity contribution is 7.89. The Morgan fingerprint density at radius 2 is 1.88 bits per heavy atom. The fourth-order valence-electron chi connectivity index (χ4n) is 2.91. The van der Waals surface area contributed by atoms with Crippen LogP contribution >= 0.6 is 0 Å². The Labute approximate surface area is 145 Å². The van der Waals surface area contributed by atoms with Gasteiger partial charge in [-0.25, -0.2) is 13.1 Å². The molecule has 25 heavy (non-hydrogen) atoms. The highest BCUT2D eigenvalue weighted by Crippen LogP contribution is 2.26. The fraction of sp³-hybridized carbons (Fsp3) is 0.294. The number of rotatable bonds is 6. The largest absolute Gasteiger partial charge is 0.433 e. The molecule has 2 N–H and O–H groups in total. The average Bonchev–Trinajstić information content (AvgIpc) is 2.60. The number of benzene rings is 2. The van der Waals surface area contributed by atoms with Gasteiger partial charge >= 0.3 is 6.61 Å². The van der Waals surface area contributed by atoms with Crippen LogP contribution in [0, 0.1) is 0 Å². The summed E-state index contributed by atoms with van der Waals surface area (Å²) in [5.74, 6) is -0.373. The molecule has 1 unspecified atom stereocenters. The second-order valence-electron chi connectivity index (χ2n) is 5.63. The van der Waals surface area contributed by atoms with Gasteiger partial charge in [-0.05, 0) is 36.2 Å². The summed E-state index contributed by atoms with van der Waals surface area (Å²) in [7, 11) is -3.99. The molecule has 0 amide bonds. The number of hydrogen-bond donors (Lipinski definition) is 2. The molecule has 0 spiro atoms. The molecule has 1 atom stereocenters. The number of nitrogens with one attached hydrogen (secondary N) is 2. The maximum absolute atomic E-state index is 12.5. The van der Waals surface area contributed by atoms with E-state index in [2.05, 4.69) is 14.8 Å². The Kier molecular flexibility index (Phi) is 5.31. The number of para-hydroxylation sites is 1. The van der Waals surface area contributed by atoms with Crippen LogP contribution in [0.5, 0.6) is 5.75 Å². The molecule has 0 aromatic heterocycles. The lowest BCUT2D eigenvalue weighted by molar-refractivity contribution is -0.0517. The van der Waals surface area contributed by atoms with Crippen LogP contribution in [0.2, 0.25) is 0 Å². The highest BCUT2D eigenvalue weighted by atomic mass is 32.2. The average molecular weight is 368 g/mol. The van der Waals surface area contributed by atoms with Crippen LogP contribution in [0.4, 0.5) is 8.78 Å². The molecule has 2 aromatic rings. The van der Waals surface area contributed by atoms with Crippen LogP contribution in [0.15, 0.2) is 53.4 Å². The predicted octanol–water partition coefficient (Wildman–Crippen LogP) is 2.45. The van der Waals surface area contributed by atoms with E-state index in [4.69, 9.17) is 0 Å². The molecule has 0 radical (unpaired) electrons. The number of sulfonamides is 1. The number of hydrogen-bond acceptors (Lipinski definition) is 4. The molecule has 5 nitrogen and oxygen atoms in total. The zero-order chi connectivity index (χ0) is 17.9. The molecule has 0 fully saturated rings. The van der Waals surface area contributed by atoms with Crippen molar-refractivity contribution in [3.8, 4) is 5.75 Å². The summed E-state index contributed by atoms with van der Waals surface area (Å²) in [5, 5.41) is 3.27. The lowest BCUT2D eigenvalue weighted by Gasteiger charge is -2.27. The van der Waals surface area contributed by atoms with Gasteiger partial charge in [0.25, 0.3) is 0 Å². The van der Waals surface area contributed by atoms with E-state index in [-0.39, 0.29) is 23.2 Å². The van der Waals surface area contributed by atoms with Crippen molar-refractivity contribution >= 4 is 10.0 Å². The Bertz CT molecular complexity index is 843. The summed E-state index contributed by atoms with van der Waals surface area (Å²) in [6, 6.07) is 13.0. The summed E-state index contributed by atoms with van der Waals surface area (Å²) >= 11 is 0. The van der Waals surface area contributed by atoms with Crippen LogP contribution in [0.3, 0.4) is 0 Å². The molecule has 0 saturated heterocycles. The van der Waals surface area contributed by atoms with Gasteiger partial charge in [0.2, 0.25) is 10.0 Å². The zero-order valence-electron chi connectivity index (χ0n) is 13.3. The van der Waals surface area contributed by atoms with Crippen molar-refractivity contribution < 1.29 is 21.9 Å². The van der Waals surface area contributed by atoms with E-state index in [1.807, 2.05) is 24.3 Å². The predicted molar refractivity (Wildman–Crippen MR) is 89.2 cm³/mol. The fourth-order valence-corrected chi connectivity index (χ4v) is 4.09. The molecule has 0 aliphatic carbocycles. The van der Waals surface area contributed by atoms with E-state index < -0.39 is 16.6 Å². The minimum Gasteiger partial charge on any atom is -0.433 e. The van der Waals surface area contributed by atoms with Gasteiger partial charge in [0.1, 0.15) is 10.6 Å². The molecule has 134 valence electrons. The van der Waals surface area contributed by atoms with Crippen molar-refractivity contribution in [2.75, 3.05) is 13.1 Å². The van der Waals surface area contributed by atoms with E-state index in [0.29, 0.717) is 0 Å². The number of fused-ring (bicyclic) bond motifs is 1. The maximum Gasteiger partial charge on any atom is 0.387 e. The molecule has 1 aliphatic heterocycles. The minimum atomic E-state index is -3.99. The SMILES string of the molecule is O=S(=O)(NCC1NCCc2ccccc21)c1ccccc1OC(F)F. The van der Waals surface area contributed by atoms with Gasteiger partial charge in [-0.3, -0.25) is 0 Å². The smallest absolute Gasteiger partial charge is 0.387 e. The van der Waals surface area contributed by atoms with Crippen molar-refractivity contribution in [3.05, 3.63) is 59.7 Å². The number of halogens is 2. The van der Waals surface area contributed by atoms with Crippen molar-refractivity contribution in [1.29, 1.82) is 0 Å². The van der Waals surface area contributed by atoms with E-state index in [1.54, 1.807) is 0 Å². The second kappa shape index (κ2) is 7.47. The monoisotopic (exact) mass is 368 g/mol. The quantitative estimate of drug-likeness (QED) is 0.822. The Hall–Kier alpha value is -2.03. The first-order chi connectivity index (χ1) is 12.0. The van der Waals surface area contributed by atoms with Gasteiger partial charge in [-0.1, -0.05) is 36.4 Å². The summed E-state index contributed by atoms with van der Waals surface area (Å²) in [6.45, 7) is -2.24. The zero-order valence-corrected chi connectivity index (χ0v) is 14.1. The van der Waals surface area contributed by atoms with E-state index >= 15 is 0 Å². The molecule has 3 rings (SSSR count). The van der Waals surface area contributed by atoms with Gasteiger partial charge in [0.05, 0.1) is 0 Å². The van der Waals surface area contributed by atoms with Crippen molar-refractivity contribution in [2.24, 2.45) is 0 Å². The lowest BCUT2D eigenvalue weighted by atomic mass is 9.95. The summed E-state index contributed by atoms with van der Waals surface area (Å²) in [5.41, 5.74) is 2.21. The van der Waals surface area contributed by atoms with Crippen molar-refractivity contribution in [2.45, 2.75) is 24.0 Å². The standard InChI is InChI=1S/C17H18F2N2O3S/c18-17(19)24-15-7-3-4-8-16(15)25(22,23)21-11-14-13-6-2-1-5-12(13)9-10-20-14/h1-8,14,17,20-21H,9-11H2. The van der Waals surface area contributed by atoms with Crippen LogP contribution in [0.25, 0.3) is 0 Å². The molecule has 0 bridgehead atoms. The Morgan fingerprint density at radius 1 is 1.16 bits per heavy atom. The summed E-state index contributed by atoms with van der Waals surface area (Å²) in [4.78, 5) is -0.306. The summed E-state index contributed by atoms with van der Waals surface area (Å²) in [6.07, 6.45) is 0.879. The number of ether oxygens (including phenoxy) is 1. The van der Waals surface area contributed by atoms with Gasteiger partial charge in [-0.2, -0.15) is 8.78 Å². The second-order valence-corrected chi connectivity index (χ2v) is 7.37. The molecule has 8 heteroatoms. The highest BCUT2D eigenvalue weighted by Gasteiger charge is 2.25. The Morgan fingerprint density at radius 3 is 2.68 bits per heavy atom. The van der Waals surface area contributed by atoms with Gasteiger partial charge in [-0.15, -0.1) is 0 Å². The van der Waals surface area contributed by atoms with Crippen molar-refractivity contribution in [3.63, 3.8) is 0 Å². The van der Waals surface area contributed by atoms with Crippen molar-refractivity contribution in [1.82, 2.24) is 10.0 Å². The number of alkyl halides is 2. The first-order valence-electron chi connectivity index (χ1n) is 7.82. The topological polar surface area (TPSA) is 67.4 Å². The van der Waals surface area contributed by atoms with E-state index in [1.165, 1.54) is 29.8 Å². The van der Waals surface area contributed by atoms with E-state index in [0.717, 1.165) is 18.5 Å². The Balaban J connectivity index is 1.78. The first kappa shape index (κ1) is 17.8. The third kappa shape index (κ3) is 4.15. The van der Waals surface area contributed by atoms with Crippen LogP contribution in [0.1, 0.15) is 17.2 Å². The van der Waals surface area contributed by atoms with Crippen LogP contribution < -0.4 is 14.8 Å². The molecular formula is C17H18F2N2O3S. The van der Waals surface area contributed by atoms with E-state index in [9.17, 15) is 17.2 Å². The van der Waals surface area contributed by atoms with Gasteiger partial charge in [0, 0.05) is 12.6 Å². The van der Waals surface area contributed by atoms with Crippen LogP contribution in [-0.2, 0) is 16.4 Å². The molecule has 1 aliphatic rings. The van der Waals surface area contributed by atoms with Crippen LogP contribution in [-0.4, -0.2) is 28.1 Å². The molecule has 0 saturated carbocycles. The minimum absolute atomic E-state index is 0.113. The first-order valence-corrected chi connectivity index (χ1v) is 9.30. The normalized spacial score (nSPS) is 17.3. The molecular weight excluding hydrogens is 350 g/mol. The third-order valence-electron chi connectivity index (χ3n) is 4.05. The lowest BCUT2D eigenvalue weighted by Crippen LogP contribution is -2.38. The van der Waals surface area contributed by atoms with Gasteiger partial charge in [0.15, 0.2) is 0 Å². The third-order valence-corrected chi connectivity index (χ3v) is 5.51. The summed E-state index contributed by atoms with van der Waals surface area (Å²) < 4.78 is 56.8. The van der Waals surface area contributed by atoms with Gasteiger partial charge < -0.3 is 10.1 Å².